The van der Waals surface area contributed by atoms with E-state index in [4.69, 9.17) is 11.6 Å². The zero-order chi connectivity index (χ0) is 23.0. The standard InChI is InChI=1S/C23H27ClN4O3S/c1-15-12-18(20(29)25-13-16-4-6-17(24)7-5-16)21(30)28-11-10-27(22(31)19(15)28)14-23(8-9-23)26(2)32-3/h4-7,12H,8-11,13-14H2,1-3H3,(H,25,29). The lowest BCUT2D eigenvalue weighted by molar-refractivity contribution is 0.0654. The minimum absolute atomic E-state index is 0.0208. The molecule has 1 saturated carbocycles. The molecule has 2 amide bonds. The van der Waals surface area contributed by atoms with E-state index in [0.29, 0.717) is 35.9 Å². The highest BCUT2D eigenvalue weighted by Gasteiger charge is 2.49. The van der Waals surface area contributed by atoms with Crippen LogP contribution in [0.4, 0.5) is 0 Å². The number of aryl methyl sites for hydroxylation is 1. The smallest absolute Gasteiger partial charge is 0.270 e. The topological polar surface area (TPSA) is 74.7 Å². The van der Waals surface area contributed by atoms with Crippen molar-refractivity contribution < 1.29 is 9.59 Å². The summed E-state index contributed by atoms with van der Waals surface area (Å²) in [5.74, 6) is -0.587. The van der Waals surface area contributed by atoms with E-state index in [9.17, 15) is 14.4 Å². The molecule has 1 aromatic carbocycles. The number of amides is 2. The molecule has 9 heteroatoms. The second-order valence-corrected chi connectivity index (χ2v) is 9.84. The lowest BCUT2D eigenvalue weighted by atomic mass is 10.1. The van der Waals surface area contributed by atoms with Gasteiger partial charge >= 0.3 is 0 Å². The van der Waals surface area contributed by atoms with Crippen LogP contribution >= 0.6 is 23.5 Å². The number of carbonyl (C=O) groups excluding carboxylic acids is 2. The number of pyridine rings is 1. The van der Waals surface area contributed by atoms with Crippen LogP contribution < -0.4 is 10.9 Å². The van der Waals surface area contributed by atoms with Crippen molar-refractivity contribution in [3.05, 3.63) is 68.1 Å². The molecular formula is C23H27ClN4O3S. The molecule has 1 aromatic heterocycles. The summed E-state index contributed by atoms with van der Waals surface area (Å²) >= 11 is 7.57. The van der Waals surface area contributed by atoms with E-state index < -0.39 is 11.5 Å². The van der Waals surface area contributed by atoms with E-state index in [1.54, 1.807) is 31.0 Å². The van der Waals surface area contributed by atoms with Gasteiger partial charge in [-0.1, -0.05) is 35.7 Å². The Hall–Kier alpha value is -2.29. The van der Waals surface area contributed by atoms with Gasteiger partial charge in [0.15, 0.2) is 0 Å². The van der Waals surface area contributed by atoms with Crippen molar-refractivity contribution >= 4 is 35.4 Å². The molecule has 1 fully saturated rings. The number of likely N-dealkylation sites (N-methyl/N-ethyl adjacent to an activating group) is 1. The third-order valence-electron chi connectivity index (χ3n) is 6.43. The number of aromatic nitrogens is 1. The van der Waals surface area contributed by atoms with Gasteiger partial charge in [-0.3, -0.25) is 14.4 Å². The summed E-state index contributed by atoms with van der Waals surface area (Å²) in [6, 6.07) is 8.68. The molecule has 0 bridgehead atoms. The molecule has 0 radical (unpaired) electrons. The average molecular weight is 475 g/mol. The van der Waals surface area contributed by atoms with Crippen molar-refractivity contribution in [2.24, 2.45) is 0 Å². The van der Waals surface area contributed by atoms with Crippen molar-refractivity contribution in [2.75, 3.05) is 26.4 Å². The van der Waals surface area contributed by atoms with Crippen LogP contribution in [0.2, 0.25) is 5.02 Å². The molecule has 2 heterocycles. The van der Waals surface area contributed by atoms with Gasteiger partial charge in [0, 0.05) is 36.7 Å². The SMILES string of the molecule is CSN(C)C1(CN2CCn3c(c(C)cc(C(=O)NCc4ccc(Cl)cc4)c3=O)C2=O)CC1. The first kappa shape index (κ1) is 22.9. The molecule has 4 rings (SSSR count). The van der Waals surface area contributed by atoms with Crippen molar-refractivity contribution in [1.29, 1.82) is 0 Å². The van der Waals surface area contributed by atoms with Gasteiger partial charge in [-0.25, -0.2) is 4.31 Å². The highest BCUT2D eigenvalue weighted by Crippen LogP contribution is 2.44. The second-order valence-electron chi connectivity index (χ2n) is 8.49. The Morgan fingerprint density at radius 1 is 1.22 bits per heavy atom. The van der Waals surface area contributed by atoms with Crippen LogP contribution in [0.5, 0.6) is 0 Å². The molecule has 32 heavy (non-hydrogen) atoms. The number of rotatable bonds is 7. The molecule has 0 unspecified atom stereocenters. The molecule has 1 aliphatic heterocycles. The lowest BCUT2D eigenvalue weighted by Gasteiger charge is -2.36. The maximum absolute atomic E-state index is 13.3. The minimum atomic E-state index is -0.447. The van der Waals surface area contributed by atoms with E-state index in [2.05, 4.69) is 16.7 Å². The maximum atomic E-state index is 13.3. The fraction of sp³-hybridized carbons (Fsp3) is 0.435. The van der Waals surface area contributed by atoms with Crippen LogP contribution in [0.3, 0.4) is 0 Å². The largest absolute Gasteiger partial charge is 0.348 e. The molecule has 2 aromatic rings. The van der Waals surface area contributed by atoms with Gasteiger partial charge in [0.2, 0.25) is 0 Å². The van der Waals surface area contributed by atoms with Crippen LogP contribution in [0.25, 0.3) is 0 Å². The summed E-state index contributed by atoms with van der Waals surface area (Å²) in [5, 5.41) is 3.41. The lowest BCUT2D eigenvalue weighted by Crippen LogP contribution is -2.51. The summed E-state index contributed by atoms with van der Waals surface area (Å²) in [6.45, 7) is 3.57. The number of halogens is 1. The predicted molar refractivity (Wildman–Crippen MR) is 127 cm³/mol. The van der Waals surface area contributed by atoms with Crippen LogP contribution in [-0.2, 0) is 13.1 Å². The Morgan fingerprint density at radius 2 is 1.91 bits per heavy atom. The first-order valence-corrected chi connectivity index (χ1v) is 12.2. The van der Waals surface area contributed by atoms with Crippen molar-refractivity contribution in [3.8, 4) is 0 Å². The van der Waals surface area contributed by atoms with Crippen LogP contribution in [0, 0.1) is 6.92 Å². The van der Waals surface area contributed by atoms with Gasteiger partial charge < -0.3 is 14.8 Å². The number of carbonyl (C=O) groups is 2. The number of fused-ring (bicyclic) bond motifs is 1. The Kier molecular flexibility index (Phi) is 6.38. The number of hydrogen-bond acceptors (Lipinski definition) is 5. The summed E-state index contributed by atoms with van der Waals surface area (Å²) in [4.78, 5) is 40.9. The number of nitrogens with one attached hydrogen (secondary N) is 1. The van der Waals surface area contributed by atoms with Gasteiger partial charge in [-0.2, -0.15) is 0 Å². The van der Waals surface area contributed by atoms with Crippen molar-refractivity contribution in [2.45, 2.75) is 38.4 Å². The van der Waals surface area contributed by atoms with E-state index in [1.807, 2.05) is 23.3 Å². The predicted octanol–water partition coefficient (Wildman–Crippen LogP) is 2.94. The molecule has 0 atom stereocenters. The molecule has 7 nitrogen and oxygen atoms in total. The average Bonchev–Trinajstić information content (AvgIpc) is 3.57. The third kappa shape index (κ3) is 4.31. The van der Waals surface area contributed by atoms with Crippen molar-refractivity contribution in [1.82, 2.24) is 19.1 Å². The first-order chi connectivity index (χ1) is 15.3. The van der Waals surface area contributed by atoms with E-state index in [-0.39, 0.29) is 23.6 Å². The summed E-state index contributed by atoms with van der Waals surface area (Å²) in [7, 11) is 2.06. The highest BCUT2D eigenvalue weighted by molar-refractivity contribution is 7.96. The quantitative estimate of drug-likeness (QED) is 0.624. The molecule has 0 spiro atoms. The fourth-order valence-corrected chi connectivity index (χ4v) is 4.99. The fourth-order valence-electron chi connectivity index (χ4n) is 4.24. The summed E-state index contributed by atoms with van der Waals surface area (Å²) < 4.78 is 3.69. The molecule has 170 valence electrons. The summed E-state index contributed by atoms with van der Waals surface area (Å²) in [6.07, 6.45) is 4.16. The van der Waals surface area contributed by atoms with Crippen molar-refractivity contribution in [3.63, 3.8) is 0 Å². The number of hydrogen-bond donors (Lipinski definition) is 1. The van der Waals surface area contributed by atoms with Gasteiger partial charge in [0.25, 0.3) is 17.4 Å². The Labute approximate surface area is 196 Å². The van der Waals surface area contributed by atoms with E-state index >= 15 is 0 Å². The Balaban J connectivity index is 1.53. The normalized spacial score (nSPS) is 16.8. The Bertz CT molecular complexity index is 1110. The van der Waals surface area contributed by atoms with Crippen LogP contribution in [-0.4, -0.2) is 57.5 Å². The van der Waals surface area contributed by atoms with E-state index in [1.165, 1.54) is 10.6 Å². The van der Waals surface area contributed by atoms with Crippen LogP contribution in [0.1, 0.15) is 44.8 Å². The molecule has 1 aliphatic carbocycles. The Morgan fingerprint density at radius 3 is 2.53 bits per heavy atom. The molecular weight excluding hydrogens is 448 g/mol. The second kappa shape index (κ2) is 8.92. The number of benzene rings is 1. The first-order valence-electron chi connectivity index (χ1n) is 10.6. The van der Waals surface area contributed by atoms with E-state index in [0.717, 1.165) is 18.4 Å². The number of nitrogens with zero attached hydrogens (tertiary/aromatic N) is 3. The zero-order valence-corrected chi connectivity index (χ0v) is 20.1. The maximum Gasteiger partial charge on any atom is 0.270 e. The van der Waals surface area contributed by atoms with Crippen LogP contribution in [0.15, 0.2) is 35.1 Å². The highest BCUT2D eigenvalue weighted by atomic mass is 35.5. The zero-order valence-electron chi connectivity index (χ0n) is 18.5. The third-order valence-corrected chi connectivity index (χ3v) is 7.62. The van der Waals surface area contributed by atoms with Gasteiger partial charge in [-0.15, -0.1) is 0 Å². The minimum Gasteiger partial charge on any atom is -0.348 e. The molecule has 2 aliphatic rings. The van der Waals surface area contributed by atoms with Gasteiger partial charge in [0.1, 0.15) is 11.3 Å². The molecule has 0 saturated heterocycles. The molecule has 1 N–H and O–H groups in total. The van der Waals surface area contributed by atoms with Gasteiger partial charge in [0.05, 0.1) is 0 Å². The summed E-state index contributed by atoms with van der Waals surface area (Å²) in [5.41, 5.74) is 1.56. The van der Waals surface area contributed by atoms with Gasteiger partial charge in [-0.05, 0) is 62.4 Å². The monoisotopic (exact) mass is 474 g/mol.